The summed E-state index contributed by atoms with van der Waals surface area (Å²) in [6.07, 6.45) is 24.7. The molecular weight excluding hydrogens is 1350 g/mol. The van der Waals surface area contributed by atoms with Crippen molar-refractivity contribution in [2.24, 2.45) is 29.6 Å². The third-order valence-electron chi connectivity index (χ3n) is 20.0. The van der Waals surface area contributed by atoms with Gasteiger partial charge >= 0.3 is 41.8 Å². The minimum atomic E-state index is -1.01. The number of carbonyl (C=O) groups excluding carboxylic acids is 7. The van der Waals surface area contributed by atoms with Crippen LogP contribution in [0, 0.1) is 65.1 Å². The number of hydrogen-bond acceptors (Lipinski definition) is 16. The Labute approximate surface area is 631 Å². The molecule has 6 aromatic rings. The Bertz CT molecular complexity index is 4110. The van der Waals surface area contributed by atoms with E-state index in [1.54, 1.807) is 91.0 Å². The van der Waals surface area contributed by atoms with Crippen molar-refractivity contribution in [1.82, 2.24) is 0 Å². The maximum absolute atomic E-state index is 14.1. The van der Waals surface area contributed by atoms with Crippen LogP contribution in [0.1, 0.15) is 233 Å². The molecule has 0 aliphatic heterocycles. The van der Waals surface area contributed by atoms with E-state index in [0.717, 1.165) is 105 Å². The maximum Gasteiger partial charge on any atom is 0.343 e. The van der Waals surface area contributed by atoms with Crippen LogP contribution in [0.25, 0.3) is 0 Å². The van der Waals surface area contributed by atoms with Gasteiger partial charge in [-0.3, -0.25) is 9.59 Å². The predicted molar refractivity (Wildman–Crippen MR) is 410 cm³/mol. The molecule has 107 heavy (non-hydrogen) atoms. The largest absolute Gasteiger partial charge is 0.494 e. The Morgan fingerprint density at radius 3 is 1.35 bits per heavy atom. The summed E-state index contributed by atoms with van der Waals surface area (Å²) in [5.41, 5.74) is 3.17. The summed E-state index contributed by atoms with van der Waals surface area (Å²) >= 11 is 0. The Hall–Kier alpha value is -10.6. The summed E-state index contributed by atoms with van der Waals surface area (Å²) < 4.78 is 51.4. The van der Waals surface area contributed by atoms with E-state index in [2.05, 4.69) is 62.5 Å². The first-order valence-corrected chi connectivity index (χ1v) is 38.3. The normalized spacial score (nSPS) is 17.9. The second-order valence-electron chi connectivity index (χ2n) is 27.8. The molecule has 0 N–H and O–H groups in total. The van der Waals surface area contributed by atoms with Crippen LogP contribution in [-0.4, -0.2) is 80.4 Å². The van der Waals surface area contributed by atoms with Gasteiger partial charge in [0, 0.05) is 40.5 Å². The molecule has 0 aromatic heterocycles. The van der Waals surface area contributed by atoms with Gasteiger partial charge in [-0.05, 0) is 273 Å². The lowest BCUT2D eigenvalue weighted by atomic mass is 9.67. The fourth-order valence-corrected chi connectivity index (χ4v) is 13.7. The number of hydrogen-bond donors (Lipinski definition) is 0. The van der Waals surface area contributed by atoms with Crippen molar-refractivity contribution in [1.29, 1.82) is 0 Å². The van der Waals surface area contributed by atoms with E-state index in [9.17, 15) is 33.6 Å². The Morgan fingerprint density at radius 1 is 0.402 bits per heavy atom. The van der Waals surface area contributed by atoms with Gasteiger partial charge in [-0.25, -0.2) is 24.0 Å². The highest BCUT2D eigenvalue weighted by molar-refractivity contribution is 5.93. The van der Waals surface area contributed by atoms with Crippen molar-refractivity contribution in [3.63, 3.8) is 0 Å². The van der Waals surface area contributed by atoms with Gasteiger partial charge < -0.3 is 42.6 Å². The zero-order valence-corrected chi connectivity index (χ0v) is 62.0. The lowest BCUT2D eigenvalue weighted by molar-refractivity contribution is -0.152. The lowest BCUT2D eigenvalue weighted by Gasteiger charge is -2.41. The Balaban J connectivity index is 0.815. The third-order valence-corrected chi connectivity index (χ3v) is 20.0. The molecule has 0 saturated heterocycles. The van der Waals surface area contributed by atoms with Gasteiger partial charge in [-0.15, -0.1) is 0 Å². The van der Waals surface area contributed by atoms with Crippen LogP contribution in [0.2, 0.25) is 0 Å². The molecule has 0 radical (unpaired) electrons. The standard InChI is InChI=1S/C91H100O16/c1-5-9-10-14-60-99-79-46-40-75(41-47-79)88(96)105-82-52-53-83(106-89(97)76-42-48-80(49-43-76)100-61-15-11-12-16-62-101-84(92)7-3)78(65-82)35-32-69-24-22-67(23-25-69)20-21-68-26-28-70(29-27-68)54-57-91(58-55-72(56-59-91)71-33-30-66(19-6-2)31-34-71)107-90(98)77-44-50-81(51-45-77)104-87(95)74-38-36-73(37-39-74)86(94)103-64-18-13-17-63-102-85(93)8-4/h7-8,22-29,40-53,65-66,71-74H,3-6,9-19,30-31,33-34,36-39,55-56,58-64H2,1-2H3. The zero-order valence-electron chi connectivity index (χ0n) is 62.0. The van der Waals surface area contributed by atoms with E-state index in [1.807, 2.05) is 48.5 Å². The Morgan fingerprint density at radius 2 is 0.832 bits per heavy atom. The van der Waals surface area contributed by atoms with Crippen LogP contribution in [0.3, 0.4) is 0 Å². The fourth-order valence-electron chi connectivity index (χ4n) is 13.7. The fraction of sp³-hybridized carbons (Fsp3) is 0.418. The number of rotatable bonds is 34. The molecule has 3 aliphatic carbocycles. The van der Waals surface area contributed by atoms with Crippen LogP contribution >= 0.6 is 0 Å². The van der Waals surface area contributed by atoms with Crippen LogP contribution in [-0.2, 0) is 38.1 Å². The average Bonchev–Trinajstić information content (AvgIpc) is 0.805. The highest BCUT2D eigenvalue weighted by atomic mass is 16.6. The summed E-state index contributed by atoms with van der Waals surface area (Å²) in [4.78, 5) is 89.8. The molecule has 16 heteroatoms. The molecule has 9 rings (SSSR count). The van der Waals surface area contributed by atoms with Crippen LogP contribution in [0.5, 0.6) is 28.7 Å². The first kappa shape index (κ1) is 80.5. The van der Waals surface area contributed by atoms with Gasteiger partial charge in [0.05, 0.1) is 67.1 Å². The number of carbonyl (C=O) groups is 7. The summed E-state index contributed by atoms with van der Waals surface area (Å²) in [6.45, 7) is 13.2. The highest BCUT2D eigenvalue weighted by Gasteiger charge is 2.41. The van der Waals surface area contributed by atoms with Crippen molar-refractivity contribution < 1.29 is 76.2 Å². The maximum atomic E-state index is 14.1. The van der Waals surface area contributed by atoms with Gasteiger partial charge in [-0.2, -0.15) is 0 Å². The van der Waals surface area contributed by atoms with E-state index in [-0.39, 0.29) is 47.4 Å². The van der Waals surface area contributed by atoms with Gasteiger partial charge in [0.15, 0.2) is 5.60 Å². The molecule has 0 heterocycles. The van der Waals surface area contributed by atoms with Crippen molar-refractivity contribution >= 4 is 41.8 Å². The van der Waals surface area contributed by atoms with Crippen LogP contribution in [0.15, 0.2) is 165 Å². The van der Waals surface area contributed by atoms with Crippen molar-refractivity contribution in [3.05, 3.63) is 209 Å². The smallest absolute Gasteiger partial charge is 0.343 e. The predicted octanol–water partition coefficient (Wildman–Crippen LogP) is 18.5. The van der Waals surface area contributed by atoms with Gasteiger partial charge in [0.2, 0.25) is 0 Å². The summed E-state index contributed by atoms with van der Waals surface area (Å²) in [7, 11) is 0. The minimum absolute atomic E-state index is 0.159. The quantitative estimate of drug-likeness (QED) is 0.00920. The van der Waals surface area contributed by atoms with E-state index in [0.29, 0.717) is 129 Å². The molecule has 3 aliphatic rings. The SMILES string of the molecule is C=CC(=O)OCCCCCCOc1ccc(C(=O)Oc2ccc(OC(=O)c3ccc(OCCCCCC)cc3)cc2C#Cc2ccc(C#Cc3ccc(C#CC4(OC(=O)c5ccc(OC(=O)C6CCC(C(=O)OCCCCCOC(=O)C=C)CC6)cc5)CCC(C5CCC(CCC)CC5)CC4)cc3)cc2)cc1. The number of ether oxygens (including phenoxy) is 9. The van der Waals surface area contributed by atoms with Gasteiger partial charge in [0.1, 0.15) is 28.7 Å². The number of unbranched alkanes of at least 4 members (excludes halogenated alkanes) is 8. The van der Waals surface area contributed by atoms with E-state index in [1.165, 1.54) is 38.5 Å². The molecular formula is C91H100O16. The second-order valence-corrected chi connectivity index (χ2v) is 27.8. The third kappa shape index (κ3) is 26.7. The molecule has 0 amide bonds. The molecule has 0 bridgehead atoms. The van der Waals surface area contributed by atoms with Crippen LogP contribution < -0.4 is 23.7 Å². The molecule has 3 fully saturated rings. The monoisotopic (exact) mass is 1450 g/mol. The lowest BCUT2D eigenvalue weighted by Crippen LogP contribution is -2.39. The molecule has 0 unspecified atom stereocenters. The van der Waals surface area contributed by atoms with Crippen molar-refractivity contribution in [2.45, 2.75) is 180 Å². The zero-order chi connectivity index (χ0) is 75.4. The number of benzene rings is 6. The summed E-state index contributed by atoms with van der Waals surface area (Å²) in [6, 6.07) is 39.7. The molecule has 3 saturated carbocycles. The second kappa shape index (κ2) is 43.1. The summed E-state index contributed by atoms with van der Waals surface area (Å²) in [5.74, 6) is 19.7. The Kier molecular flexibility index (Phi) is 32.4. The topological polar surface area (TPSA) is 203 Å². The first-order valence-electron chi connectivity index (χ1n) is 38.3. The summed E-state index contributed by atoms with van der Waals surface area (Å²) in [5, 5.41) is 0. The van der Waals surface area contributed by atoms with E-state index >= 15 is 0 Å². The minimum Gasteiger partial charge on any atom is -0.494 e. The van der Waals surface area contributed by atoms with Crippen LogP contribution in [0.4, 0.5) is 0 Å². The molecule has 6 aromatic carbocycles. The van der Waals surface area contributed by atoms with E-state index < -0.39 is 35.4 Å². The molecule has 560 valence electrons. The molecule has 16 nitrogen and oxygen atoms in total. The number of esters is 7. The van der Waals surface area contributed by atoms with Crippen molar-refractivity contribution in [3.8, 4) is 64.3 Å². The van der Waals surface area contributed by atoms with E-state index in [4.69, 9.17) is 42.6 Å². The average molecular weight is 1450 g/mol. The van der Waals surface area contributed by atoms with Gasteiger partial charge in [0.25, 0.3) is 0 Å². The first-order chi connectivity index (χ1) is 52.2. The highest BCUT2D eigenvalue weighted by Crippen LogP contribution is 2.45. The van der Waals surface area contributed by atoms with Crippen molar-refractivity contribution in [2.75, 3.05) is 33.0 Å². The molecule has 0 atom stereocenters. The molecule has 0 spiro atoms. The van der Waals surface area contributed by atoms with Gasteiger partial charge in [-0.1, -0.05) is 102 Å².